The summed E-state index contributed by atoms with van der Waals surface area (Å²) in [4.78, 5) is 2.37. The molecule has 0 bridgehead atoms. The average molecular weight is 280 g/mol. The minimum atomic E-state index is 0.275. The zero-order chi connectivity index (χ0) is 15.3. The molecule has 3 nitrogen and oxygen atoms in total. The van der Waals surface area contributed by atoms with E-state index in [9.17, 15) is 0 Å². The van der Waals surface area contributed by atoms with Crippen LogP contribution in [0.2, 0.25) is 0 Å². The molecule has 116 valence electrons. The van der Waals surface area contributed by atoms with Crippen LogP contribution in [0.5, 0.6) is 0 Å². The average Bonchev–Trinajstić information content (AvgIpc) is 2.74. The van der Waals surface area contributed by atoms with Gasteiger partial charge in [0.15, 0.2) is 0 Å². The smallest absolute Gasteiger partial charge is 0.122 e. The topological polar surface area (TPSA) is 28.4 Å². The molecule has 1 aromatic heterocycles. The first-order valence-corrected chi connectivity index (χ1v) is 7.68. The Morgan fingerprint density at radius 1 is 1.25 bits per heavy atom. The number of rotatable bonds is 7. The van der Waals surface area contributed by atoms with E-state index in [0.29, 0.717) is 12.0 Å². The van der Waals surface area contributed by atoms with Crippen molar-refractivity contribution in [3.63, 3.8) is 0 Å². The number of hydrogen-bond acceptors (Lipinski definition) is 3. The SMILES string of the molecule is CC(C)CNCc1ccoc1CN(C)C(C)C(C)(C)C. The molecule has 0 saturated heterocycles. The third-order valence-corrected chi connectivity index (χ3v) is 4.01. The number of nitrogens with zero attached hydrogens (tertiary/aromatic N) is 1. The van der Waals surface area contributed by atoms with E-state index in [-0.39, 0.29) is 5.41 Å². The Hall–Kier alpha value is -0.800. The molecule has 1 N–H and O–H groups in total. The maximum absolute atomic E-state index is 5.67. The molecule has 0 fully saturated rings. The van der Waals surface area contributed by atoms with Crippen LogP contribution in [0, 0.1) is 11.3 Å². The van der Waals surface area contributed by atoms with Crippen LogP contribution in [-0.4, -0.2) is 24.5 Å². The van der Waals surface area contributed by atoms with E-state index in [1.807, 2.05) is 0 Å². The van der Waals surface area contributed by atoms with Crippen LogP contribution < -0.4 is 5.32 Å². The van der Waals surface area contributed by atoms with Crippen LogP contribution in [-0.2, 0) is 13.1 Å². The first kappa shape index (κ1) is 17.3. The van der Waals surface area contributed by atoms with E-state index < -0.39 is 0 Å². The highest BCUT2D eigenvalue weighted by atomic mass is 16.3. The first-order valence-electron chi connectivity index (χ1n) is 7.68. The van der Waals surface area contributed by atoms with Crippen LogP contribution in [0.15, 0.2) is 16.7 Å². The molecular weight excluding hydrogens is 248 g/mol. The summed E-state index contributed by atoms with van der Waals surface area (Å²) in [6.07, 6.45) is 1.80. The second kappa shape index (κ2) is 7.28. The lowest BCUT2D eigenvalue weighted by Crippen LogP contribution is -2.38. The minimum absolute atomic E-state index is 0.275. The third kappa shape index (κ3) is 5.29. The highest BCUT2D eigenvalue weighted by Gasteiger charge is 2.24. The zero-order valence-corrected chi connectivity index (χ0v) is 14.3. The van der Waals surface area contributed by atoms with Crippen molar-refractivity contribution in [2.45, 2.75) is 60.7 Å². The molecule has 1 aromatic rings. The Bertz CT molecular complexity index is 390. The van der Waals surface area contributed by atoms with E-state index in [0.717, 1.165) is 25.4 Å². The summed E-state index contributed by atoms with van der Waals surface area (Å²) < 4.78 is 5.67. The summed E-state index contributed by atoms with van der Waals surface area (Å²) in [5.74, 6) is 1.76. The fraction of sp³-hybridized carbons (Fsp3) is 0.765. The van der Waals surface area contributed by atoms with Crippen molar-refractivity contribution in [1.29, 1.82) is 0 Å². The highest BCUT2D eigenvalue weighted by Crippen LogP contribution is 2.25. The van der Waals surface area contributed by atoms with Gasteiger partial charge in [0.25, 0.3) is 0 Å². The Balaban J connectivity index is 2.58. The maximum atomic E-state index is 5.67. The molecule has 0 aliphatic carbocycles. The molecule has 1 unspecified atom stereocenters. The molecular formula is C17H32N2O. The van der Waals surface area contributed by atoms with Crippen molar-refractivity contribution < 1.29 is 4.42 Å². The molecule has 0 aliphatic rings. The Morgan fingerprint density at radius 3 is 2.45 bits per heavy atom. The standard InChI is InChI=1S/C17H32N2O/c1-13(2)10-18-11-15-8-9-20-16(15)12-19(7)14(3)17(4,5)6/h8-9,13-14,18H,10-12H2,1-7H3. The quantitative estimate of drug-likeness (QED) is 0.821. The van der Waals surface area contributed by atoms with Crippen LogP contribution in [0.1, 0.15) is 52.9 Å². The predicted octanol–water partition coefficient (Wildman–Crippen LogP) is 3.89. The Labute approximate surface area is 124 Å². The zero-order valence-electron chi connectivity index (χ0n) is 14.3. The molecule has 0 aromatic carbocycles. The lowest BCUT2D eigenvalue weighted by atomic mass is 9.87. The summed E-state index contributed by atoms with van der Waals surface area (Å²) in [6.45, 7) is 16.4. The first-order chi connectivity index (χ1) is 9.21. The van der Waals surface area contributed by atoms with E-state index in [2.05, 4.69) is 64.9 Å². The van der Waals surface area contributed by atoms with Gasteiger partial charge in [0.05, 0.1) is 12.8 Å². The molecule has 1 atom stereocenters. The maximum Gasteiger partial charge on any atom is 0.122 e. The third-order valence-electron chi connectivity index (χ3n) is 4.01. The predicted molar refractivity (Wildman–Crippen MR) is 85.6 cm³/mol. The molecule has 1 rings (SSSR count). The van der Waals surface area contributed by atoms with Gasteiger partial charge in [-0.05, 0) is 37.9 Å². The lowest BCUT2D eigenvalue weighted by Gasteiger charge is -2.35. The van der Waals surface area contributed by atoms with E-state index in [4.69, 9.17) is 4.42 Å². The summed E-state index contributed by atoms with van der Waals surface area (Å²) in [6, 6.07) is 2.59. The number of nitrogens with one attached hydrogen (secondary N) is 1. The van der Waals surface area contributed by atoms with Crippen molar-refractivity contribution in [1.82, 2.24) is 10.2 Å². The van der Waals surface area contributed by atoms with Crippen molar-refractivity contribution in [2.24, 2.45) is 11.3 Å². The molecule has 1 heterocycles. The van der Waals surface area contributed by atoms with Gasteiger partial charge in [0, 0.05) is 18.2 Å². The molecule has 0 spiro atoms. The summed E-state index contributed by atoms with van der Waals surface area (Å²) >= 11 is 0. The Morgan fingerprint density at radius 2 is 1.90 bits per heavy atom. The lowest BCUT2D eigenvalue weighted by molar-refractivity contribution is 0.126. The normalized spacial score (nSPS) is 14.2. The summed E-state index contributed by atoms with van der Waals surface area (Å²) in [5.41, 5.74) is 1.55. The second-order valence-corrected chi connectivity index (χ2v) is 7.35. The molecule has 0 saturated carbocycles. The van der Waals surface area contributed by atoms with Gasteiger partial charge in [-0.15, -0.1) is 0 Å². The molecule has 0 amide bonds. The van der Waals surface area contributed by atoms with Crippen molar-refractivity contribution >= 4 is 0 Å². The van der Waals surface area contributed by atoms with E-state index in [1.54, 1.807) is 6.26 Å². The molecule has 3 heteroatoms. The fourth-order valence-corrected chi connectivity index (χ4v) is 2.18. The van der Waals surface area contributed by atoms with E-state index in [1.165, 1.54) is 5.56 Å². The Kier molecular flexibility index (Phi) is 6.28. The minimum Gasteiger partial charge on any atom is -0.468 e. The van der Waals surface area contributed by atoms with Gasteiger partial charge >= 0.3 is 0 Å². The highest BCUT2D eigenvalue weighted by molar-refractivity contribution is 5.17. The van der Waals surface area contributed by atoms with Gasteiger partial charge in [-0.1, -0.05) is 34.6 Å². The van der Waals surface area contributed by atoms with Crippen LogP contribution >= 0.6 is 0 Å². The van der Waals surface area contributed by atoms with Gasteiger partial charge in [-0.25, -0.2) is 0 Å². The van der Waals surface area contributed by atoms with Crippen LogP contribution in [0.3, 0.4) is 0 Å². The largest absolute Gasteiger partial charge is 0.468 e. The van der Waals surface area contributed by atoms with Gasteiger partial charge in [-0.2, -0.15) is 0 Å². The van der Waals surface area contributed by atoms with Gasteiger partial charge in [-0.3, -0.25) is 4.90 Å². The van der Waals surface area contributed by atoms with Gasteiger partial charge in [0.1, 0.15) is 5.76 Å². The molecule has 0 aliphatic heterocycles. The van der Waals surface area contributed by atoms with Crippen molar-refractivity contribution in [2.75, 3.05) is 13.6 Å². The van der Waals surface area contributed by atoms with Gasteiger partial charge < -0.3 is 9.73 Å². The van der Waals surface area contributed by atoms with Crippen LogP contribution in [0.4, 0.5) is 0 Å². The van der Waals surface area contributed by atoms with Gasteiger partial charge in [0.2, 0.25) is 0 Å². The van der Waals surface area contributed by atoms with Crippen molar-refractivity contribution in [3.05, 3.63) is 23.7 Å². The monoisotopic (exact) mass is 280 g/mol. The fourth-order valence-electron chi connectivity index (χ4n) is 2.18. The summed E-state index contributed by atoms with van der Waals surface area (Å²) in [7, 11) is 2.17. The molecule has 0 radical (unpaired) electrons. The van der Waals surface area contributed by atoms with Crippen LogP contribution in [0.25, 0.3) is 0 Å². The number of hydrogen-bond donors (Lipinski definition) is 1. The summed E-state index contributed by atoms with van der Waals surface area (Å²) in [5, 5.41) is 3.48. The molecule has 20 heavy (non-hydrogen) atoms. The van der Waals surface area contributed by atoms with Crippen molar-refractivity contribution in [3.8, 4) is 0 Å². The second-order valence-electron chi connectivity index (χ2n) is 7.35. The van der Waals surface area contributed by atoms with E-state index >= 15 is 0 Å². The number of furan rings is 1.